The van der Waals surface area contributed by atoms with E-state index < -0.39 is 5.97 Å². The van der Waals surface area contributed by atoms with Gasteiger partial charge in [-0.05, 0) is 60.2 Å². The molecule has 5 nitrogen and oxygen atoms in total. The molecular formula is C15H12BrN3O2S. The first-order valence-electron chi connectivity index (χ1n) is 6.21. The van der Waals surface area contributed by atoms with Crippen LogP contribution in [0, 0.1) is 0 Å². The summed E-state index contributed by atoms with van der Waals surface area (Å²) in [6.07, 6.45) is 1.55. The Hall–Kier alpha value is -2.25. The van der Waals surface area contributed by atoms with Crippen LogP contribution in [0.1, 0.15) is 15.9 Å². The zero-order chi connectivity index (χ0) is 15.9. The number of nitrogens with zero attached hydrogens (tertiary/aromatic N) is 1. The van der Waals surface area contributed by atoms with E-state index in [2.05, 4.69) is 38.7 Å². The van der Waals surface area contributed by atoms with Gasteiger partial charge in [0.05, 0.1) is 11.8 Å². The third kappa shape index (κ3) is 4.94. The molecule has 2 aromatic rings. The second-order valence-electron chi connectivity index (χ2n) is 4.20. The fourth-order valence-electron chi connectivity index (χ4n) is 1.57. The van der Waals surface area contributed by atoms with E-state index >= 15 is 0 Å². The van der Waals surface area contributed by atoms with Gasteiger partial charge < -0.3 is 10.5 Å². The van der Waals surface area contributed by atoms with Crippen LogP contribution in [0.25, 0.3) is 0 Å². The second kappa shape index (κ2) is 7.67. The molecule has 2 aromatic carbocycles. The van der Waals surface area contributed by atoms with E-state index in [9.17, 15) is 4.79 Å². The summed E-state index contributed by atoms with van der Waals surface area (Å²) in [6.45, 7) is 0. The molecule has 0 aliphatic rings. The minimum absolute atomic E-state index is 0.0934. The Balaban J connectivity index is 2.00. The van der Waals surface area contributed by atoms with Crippen LogP contribution in [-0.4, -0.2) is 17.3 Å². The number of ether oxygens (including phenoxy) is 1. The molecule has 0 aromatic heterocycles. The average Bonchev–Trinajstić information content (AvgIpc) is 2.48. The van der Waals surface area contributed by atoms with Gasteiger partial charge in [-0.2, -0.15) is 5.10 Å². The molecule has 112 valence electrons. The van der Waals surface area contributed by atoms with Crippen LogP contribution < -0.4 is 15.9 Å². The summed E-state index contributed by atoms with van der Waals surface area (Å²) in [6, 6.07) is 13.9. The lowest BCUT2D eigenvalue weighted by atomic mass is 10.2. The van der Waals surface area contributed by atoms with E-state index in [-0.39, 0.29) is 5.11 Å². The highest BCUT2D eigenvalue weighted by Crippen LogP contribution is 2.16. The van der Waals surface area contributed by atoms with Crippen LogP contribution in [0.4, 0.5) is 0 Å². The molecule has 0 amide bonds. The second-order valence-corrected chi connectivity index (χ2v) is 5.56. The summed E-state index contributed by atoms with van der Waals surface area (Å²) in [4.78, 5) is 12.0. The summed E-state index contributed by atoms with van der Waals surface area (Å²) < 4.78 is 6.11. The van der Waals surface area contributed by atoms with Gasteiger partial charge in [-0.1, -0.05) is 22.0 Å². The smallest absolute Gasteiger partial charge is 0.343 e. The number of hydrazone groups is 1. The van der Waals surface area contributed by atoms with Crippen molar-refractivity contribution in [3.05, 3.63) is 64.1 Å². The monoisotopic (exact) mass is 377 g/mol. The molecule has 0 unspecified atom stereocenters. The number of nitrogens with one attached hydrogen (secondary N) is 1. The highest BCUT2D eigenvalue weighted by Gasteiger charge is 2.08. The predicted molar refractivity (Wildman–Crippen MR) is 93.1 cm³/mol. The van der Waals surface area contributed by atoms with Crippen molar-refractivity contribution in [2.45, 2.75) is 0 Å². The van der Waals surface area contributed by atoms with Crippen molar-refractivity contribution >= 4 is 45.4 Å². The number of hydrogen-bond acceptors (Lipinski definition) is 4. The van der Waals surface area contributed by atoms with Gasteiger partial charge >= 0.3 is 5.97 Å². The lowest BCUT2D eigenvalue weighted by Gasteiger charge is -2.05. The molecule has 0 bridgehead atoms. The number of rotatable bonds is 4. The Bertz CT molecular complexity index is 717. The van der Waals surface area contributed by atoms with E-state index in [1.807, 2.05) is 6.07 Å². The van der Waals surface area contributed by atoms with Gasteiger partial charge in [0, 0.05) is 4.47 Å². The number of esters is 1. The summed E-state index contributed by atoms with van der Waals surface area (Å²) in [5.74, 6) is 0.0299. The number of hydrogen-bond donors (Lipinski definition) is 2. The molecule has 0 fully saturated rings. The Labute approximate surface area is 141 Å². The van der Waals surface area contributed by atoms with Gasteiger partial charge in [-0.3, -0.25) is 5.43 Å². The number of nitrogens with two attached hydrogens (primary N) is 1. The molecule has 0 saturated carbocycles. The normalized spacial score (nSPS) is 10.4. The van der Waals surface area contributed by atoms with E-state index in [0.29, 0.717) is 11.3 Å². The van der Waals surface area contributed by atoms with Crippen molar-refractivity contribution in [3.8, 4) is 5.75 Å². The molecule has 0 spiro atoms. The molecule has 2 rings (SSSR count). The molecule has 22 heavy (non-hydrogen) atoms. The van der Waals surface area contributed by atoms with Crippen molar-refractivity contribution in [2.75, 3.05) is 0 Å². The number of carbonyl (C=O) groups excluding carboxylic acids is 1. The highest BCUT2D eigenvalue weighted by atomic mass is 79.9. The maximum Gasteiger partial charge on any atom is 0.343 e. The van der Waals surface area contributed by atoms with Crippen LogP contribution in [0.15, 0.2) is 58.1 Å². The lowest BCUT2D eigenvalue weighted by molar-refractivity contribution is 0.0734. The standard InChI is InChI=1S/C15H12BrN3O2S/c16-12-3-1-2-11(8-12)14(20)21-13-6-4-10(5-7-13)9-18-19-15(17)22/h1-9H,(H3,17,19,22). The predicted octanol–water partition coefficient (Wildman–Crippen LogP) is 2.84. The van der Waals surface area contributed by atoms with Crippen molar-refractivity contribution in [1.29, 1.82) is 0 Å². The van der Waals surface area contributed by atoms with Crippen molar-refractivity contribution in [2.24, 2.45) is 10.8 Å². The highest BCUT2D eigenvalue weighted by molar-refractivity contribution is 9.10. The quantitative estimate of drug-likeness (QED) is 0.281. The number of halogens is 1. The van der Waals surface area contributed by atoms with Gasteiger partial charge in [0.2, 0.25) is 0 Å². The van der Waals surface area contributed by atoms with Crippen molar-refractivity contribution < 1.29 is 9.53 Å². The summed E-state index contributed by atoms with van der Waals surface area (Å²) in [5, 5.41) is 3.93. The van der Waals surface area contributed by atoms with Gasteiger partial charge in [0.1, 0.15) is 5.75 Å². The summed E-state index contributed by atoms with van der Waals surface area (Å²) >= 11 is 7.94. The molecule has 0 aliphatic heterocycles. The number of benzene rings is 2. The van der Waals surface area contributed by atoms with Crippen LogP contribution in [0.3, 0.4) is 0 Å². The molecule has 0 radical (unpaired) electrons. The van der Waals surface area contributed by atoms with Gasteiger partial charge in [0.25, 0.3) is 0 Å². The Morgan fingerprint density at radius 2 is 2.00 bits per heavy atom. The zero-order valence-corrected chi connectivity index (χ0v) is 13.7. The molecule has 0 atom stereocenters. The third-order valence-corrected chi connectivity index (χ3v) is 3.12. The molecule has 0 heterocycles. The topological polar surface area (TPSA) is 76.7 Å². The van der Waals surface area contributed by atoms with Gasteiger partial charge in [-0.25, -0.2) is 4.79 Å². The van der Waals surface area contributed by atoms with Crippen LogP contribution in [0.2, 0.25) is 0 Å². The van der Waals surface area contributed by atoms with Crippen molar-refractivity contribution in [1.82, 2.24) is 5.43 Å². The number of carbonyl (C=O) groups is 1. The molecule has 0 saturated heterocycles. The molecule has 3 N–H and O–H groups in total. The number of thiocarbonyl (C=S) groups is 1. The Morgan fingerprint density at radius 3 is 2.64 bits per heavy atom. The SMILES string of the molecule is NC(=S)NN=Cc1ccc(OC(=O)c2cccc(Br)c2)cc1. The third-order valence-electron chi connectivity index (χ3n) is 2.54. The zero-order valence-electron chi connectivity index (χ0n) is 11.3. The van der Waals surface area contributed by atoms with E-state index in [1.165, 1.54) is 0 Å². The van der Waals surface area contributed by atoms with Crippen LogP contribution >= 0.6 is 28.1 Å². The minimum atomic E-state index is -0.419. The first-order chi connectivity index (χ1) is 10.5. The minimum Gasteiger partial charge on any atom is -0.423 e. The molecule has 7 heteroatoms. The first kappa shape index (κ1) is 16.1. The van der Waals surface area contributed by atoms with Gasteiger partial charge in [0.15, 0.2) is 5.11 Å². The first-order valence-corrected chi connectivity index (χ1v) is 7.41. The van der Waals surface area contributed by atoms with E-state index in [1.54, 1.807) is 48.7 Å². The summed E-state index contributed by atoms with van der Waals surface area (Å²) in [5.41, 5.74) is 8.99. The van der Waals surface area contributed by atoms with Gasteiger partial charge in [-0.15, -0.1) is 0 Å². The fourth-order valence-corrected chi connectivity index (χ4v) is 2.03. The van der Waals surface area contributed by atoms with Crippen LogP contribution in [-0.2, 0) is 0 Å². The molecule has 0 aliphatic carbocycles. The van der Waals surface area contributed by atoms with Crippen LogP contribution in [0.5, 0.6) is 5.75 Å². The Morgan fingerprint density at radius 1 is 1.27 bits per heavy atom. The van der Waals surface area contributed by atoms with E-state index in [4.69, 9.17) is 10.5 Å². The summed E-state index contributed by atoms with van der Waals surface area (Å²) in [7, 11) is 0. The van der Waals surface area contributed by atoms with Crippen molar-refractivity contribution in [3.63, 3.8) is 0 Å². The lowest BCUT2D eigenvalue weighted by Crippen LogP contribution is -2.23. The fraction of sp³-hybridized carbons (Fsp3) is 0. The molecular weight excluding hydrogens is 366 g/mol. The van der Waals surface area contributed by atoms with E-state index in [0.717, 1.165) is 10.0 Å². The Kier molecular flexibility index (Phi) is 5.62. The average molecular weight is 378 g/mol. The maximum atomic E-state index is 12.0. The maximum absolute atomic E-state index is 12.0. The largest absolute Gasteiger partial charge is 0.423 e.